The van der Waals surface area contributed by atoms with E-state index in [-0.39, 0.29) is 18.9 Å². The van der Waals surface area contributed by atoms with Gasteiger partial charge in [0.25, 0.3) is 5.91 Å². The maximum Gasteiger partial charge on any atom is 0.310 e. The van der Waals surface area contributed by atoms with Crippen LogP contribution in [0.3, 0.4) is 0 Å². The molecule has 0 heterocycles. The minimum Gasteiger partial charge on any atom is -0.455 e. The molecule has 0 fully saturated rings. The van der Waals surface area contributed by atoms with Gasteiger partial charge in [-0.15, -0.1) is 0 Å². The normalized spacial score (nSPS) is 10.4. The van der Waals surface area contributed by atoms with E-state index < -0.39 is 5.97 Å². The smallest absolute Gasteiger partial charge is 0.310 e. The number of fused-ring (bicyclic) bond motifs is 1. The Labute approximate surface area is 146 Å². The Hall–Kier alpha value is -3.14. The van der Waals surface area contributed by atoms with E-state index in [4.69, 9.17) is 4.74 Å². The van der Waals surface area contributed by atoms with E-state index in [0.29, 0.717) is 5.69 Å². The molecule has 0 bridgehead atoms. The largest absolute Gasteiger partial charge is 0.455 e. The van der Waals surface area contributed by atoms with Crippen LogP contribution >= 0.6 is 0 Å². The fraction of sp³-hybridized carbons (Fsp3) is 0.143. The highest BCUT2D eigenvalue weighted by Gasteiger charge is 2.09. The number of hydrogen-bond donors (Lipinski definition) is 1. The summed E-state index contributed by atoms with van der Waals surface area (Å²) in [6.07, 6.45) is 0.142. The number of anilines is 1. The molecule has 25 heavy (non-hydrogen) atoms. The summed E-state index contributed by atoms with van der Waals surface area (Å²) in [4.78, 5) is 23.8. The van der Waals surface area contributed by atoms with Crippen LogP contribution in [0.4, 0.5) is 5.69 Å². The van der Waals surface area contributed by atoms with Crippen molar-refractivity contribution in [1.82, 2.24) is 0 Å². The molecule has 4 heteroatoms. The summed E-state index contributed by atoms with van der Waals surface area (Å²) in [6, 6.07) is 21.2. The summed E-state index contributed by atoms with van der Waals surface area (Å²) < 4.78 is 5.06. The van der Waals surface area contributed by atoms with Crippen LogP contribution in [0.25, 0.3) is 10.8 Å². The van der Waals surface area contributed by atoms with Gasteiger partial charge in [0.05, 0.1) is 6.42 Å². The zero-order valence-electron chi connectivity index (χ0n) is 14.0. The van der Waals surface area contributed by atoms with Crippen LogP contribution in [0.15, 0.2) is 66.7 Å². The number of carbonyl (C=O) groups excluding carboxylic acids is 2. The Morgan fingerprint density at radius 3 is 2.40 bits per heavy atom. The van der Waals surface area contributed by atoms with Crippen molar-refractivity contribution < 1.29 is 14.3 Å². The predicted octanol–water partition coefficient (Wildman–Crippen LogP) is 3.87. The molecule has 0 aliphatic rings. The SMILES string of the molecule is Cc1ccc(NC(=O)COC(=O)Cc2ccc3ccccc3c2)cc1. The third-order valence-electron chi connectivity index (χ3n) is 3.86. The maximum atomic E-state index is 11.9. The van der Waals surface area contributed by atoms with Gasteiger partial charge in [-0.3, -0.25) is 9.59 Å². The molecule has 0 spiro atoms. The van der Waals surface area contributed by atoms with Crippen molar-refractivity contribution in [2.24, 2.45) is 0 Å². The molecule has 126 valence electrons. The Bertz CT molecular complexity index is 900. The molecule has 3 aromatic rings. The van der Waals surface area contributed by atoms with Gasteiger partial charge < -0.3 is 10.1 Å². The van der Waals surface area contributed by atoms with Crippen LogP contribution < -0.4 is 5.32 Å². The fourth-order valence-electron chi connectivity index (χ4n) is 2.55. The Morgan fingerprint density at radius 2 is 1.64 bits per heavy atom. The van der Waals surface area contributed by atoms with Gasteiger partial charge >= 0.3 is 5.97 Å². The second-order valence-electron chi connectivity index (χ2n) is 5.93. The molecule has 1 amide bonds. The number of amides is 1. The quantitative estimate of drug-likeness (QED) is 0.721. The molecular formula is C21H19NO3. The molecule has 3 rings (SSSR count). The minimum absolute atomic E-state index is 0.142. The van der Waals surface area contributed by atoms with Gasteiger partial charge in [0.15, 0.2) is 6.61 Å². The Balaban J connectivity index is 1.51. The van der Waals surface area contributed by atoms with Gasteiger partial charge in [-0.2, -0.15) is 0 Å². The summed E-state index contributed by atoms with van der Waals surface area (Å²) >= 11 is 0. The van der Waals surface area contributed by atoms with Crippen LogP contribution in [-0.2, 0) is 20.7 Å². The highest BCUT2D eigenvalue weighted by molar-refractivity contribution is 5.93. The Kier molecular flexibility index (Phi) is 5.09. The van der Waals surface area contributed by atoms with Gasteiger partial charge in [-0.25, -0.2) is 0 Å². The summed E-state index contributed by atoms with van der Waals surface area (Å²) in [6.45, 7) is 1.68. The third-order valence-corrected chi connectivity index (χ3v) is 3.86. The second-order valence-corrected chi connectivity index (χ2v) is 5.93. The number of hydrogen-bond acceptors (Lipinski definition) is 3. The van der Waals surface area contributed by atoms with E-state index in [2.05, 4.69) is 5.32 Å². The summed E-state index contributed by atoms with van der Waals surface area (Å²) in [5.74, 6) is -0.773. The van der Waals surface area contributed by atoms with E-state index in [0.717, 1.165) is 21.9 Å². The third kappa shape index (κ3) is 4.67. The standard InChI is InChI=1S/C21H19NO3/c1-15-6-10-19(11-7-15)22-20(23)14-25-21(24)13-16-8-9-17-4-2-3-5-18(17)12-16/h2-12H,13-14H2,1H3,(H,22,23). The number of carbonyl (C=O) groups is 2. The predicted molar refractivity (Wildman–Crippen MR) is 98.4 cm³/mol. The van der Waals surface area contributed by atoms with E-state index in [9.17, 15) is 9.59 Å². The van der Waals surface area contributed by atoms with Gasteiger partial charge in [-0.05, 0) is 35.4 Å². The fourth-order valence-corrected chi connectivity index (χ4v) is 2.55. The van der Waals surface area contributed by atoms with Crippen molar-refractivity contribution in [1.29, 1.82) is 0 Å². The van der Waals surface area contributed by atoms with Crippen molar-refractivity contribution in [3.63, 3.8) is 0 Å². The lowest BCUT2D eigenvalue weighted by Gasteiger charge is -2.07. The minimum atomic E-state index is -0.422. The van der Waals surface area contributed by atoms with Gasteiger partial charge in [0.2, 0.25) is 0 Å². The zero-order chi connectivity index (χ0) is 17.6. The van der Waals surface area contributed by atoms with Gasteiger partial charge in [-0.1, -0.05) is 60.2 Å². The number of aryl methyl sites for hydroxylation is 1. The van der Waals surface area contributed by atoms with Crippen molar-refractivity contribution in [2.45, 2.75) is 13.3 Å². The molecule has 0 atom stereocenters. The van der Waals surface area contributed by atoms with Crippen LogP contribution in [-0.4, -0.2) is 18.5 Å². The second kappa shape index (κ2) is 7.62. The molecule has 4 nitrogen and oxygen atoms in total. The van der Waals surface area contributed by atoms with Crippen LogP contribution in [0.1, 0.15) is 11.1 Å². The summed E-state index contributed by atoms with van der Waals surface area (Å²) in [7, 11) is 0. The lowest BCUT2D eigenvalue weighted by molar-refractivity contribution is -0.146. The zero-order valence-corrected chi connectivity index (χ0v) is 14.0. The van der Waals surface area contributed by atoms with Crippen molar-refractivity contribution >= 4 is 28.3 Å². The van der Waals surface area contributed by atoms with Crippen molar-refractivity contribution in [3.05, 3.63) is 77.9 Å². The first-order valence-corrected chi connectivity index (χ1v) is 8.10. The van der Waals surface area contributed by atoms with E-state index >= 15 is 0 Å². The maximum absolute atomic E-state index is 11.9. The molecular weight excluding hydrogens is 314 g/mol. The Morgan fingerprint density at radius 1 is 0.920 bits per heavy atom. The number of esters is 1. The van der Waals surface area contributed by atoms with E-state index in [1.165, 1.54) is 0 Å². The molecule has 0 radical (unpaired) electrons. The van der Waals surface area contributed by atoms with Crippen LogP contribution in [0, 0.1) is 6.92 Å². The number of nitrogens with one attached hydrogen (secondary N) is 1. The van der Waals surface area contributed by atoms with Crippen molar-refractivity contribution in [3.8, 4) is 0 Å². The lowest BCUT2D eigenvalue weighted by Crippen LogP contribution is -2.21. The lowest BCUT2D eigenvalue weighted by atomic mass is 10.1. The number of ether oxygens (including phenoxy) is 1. The molecule has 0 aromatic heterocycles. The first kappa shape index (κ1) is 16.7. The summed E-state index contributed by atoms with van der Waals surface area (Å²) in [5.41, 5.74) is 2.66. The molecule has 0 saturated heterocycles. The average molecular weight is 333 g/mol. The van der Waals surface area contributed by atoms with Gasteiger partial charge in [0, 0.05) is 5.69 Å². The van der Waals surface area contributed by atoms with Crippen LogP contribution in [0.5, 0.6) is 0 Å². The topological polar surface area (TPSA) is 55.4 Å². The highest BCUT2D eigenvalue weighted by Crippen LogP contribution is 2.16. The summed E-state index contributed by atoms with van der Waals surface area (Å²) in [5, 5.41) is 4.89. The van der Waals surface area contributed by atoms with E-state index in [1.807, 2.05) is 73.7 Å². The first-order valence-electron chi connectivity index (χ1n) is 8.10. The number of rotatable bonds is 5. The van der Waals surface area contributed by atoms with Crippen LogP contribution in [0.2, 0.25) is 0 Å². The number of benzene rings is 3. The molecule has 0 unspecified atom stereocenters. The molecule has 0 saturated carbocycles. The first-order chi connectivity index (χ1) is 12.1. The molecule has 1 N–H and O–H groups in total. The van der Waals surface area contributed by atoms with Crippen molar-refractivity contribution in [2.75, 3.05) is 11.9 Å². The molecule has 3 aromatic carbocycles. The highest BCUT2D eigenvalue weighted by atomic mass is 16.5. The molecule has 0 aliphatic carbocycles. The van der Waals surface area contributed by atoms with E-state index in [1.54, 1.807) is 0 Å². The average Bonchev–Trinajstić information content (AvgIpc) is 2.62. The van der Waals surface area contributed by atoms with Gasteiger partial charge in [0.1, 0.15) is 0 Å². The molecule has 0 aliphatic heterocycles. The monoisotopic (exact) mass is 333 g/mol.